The molecule has 1 amide bonds. The summed E-state index contributed by atoms with van der Waals surface area (Å²) < 4.78 is 20.1. The van der Waals surface area contributed by atoms with Crippen LogP contribution in [0.1, 0.15) is 30.0 Å². The van der Waals surface area contributed by atoms with Gasteiger partial charge in [-0.1, -0.05) is 19.1 Å². The van der Waals surface area contributed by atoms with Crippen molar-refractivity contribution in [3.63, 3.8) is 0 Å². The molecule has 3 rings (SSSR count). The van der Waals surface area contributed by atoms with Crippen LogP contribution in [0.25, 0.3) is 5.69 Å². The van der Waals surface area contributed by atoms with Crippen LogP contribution in [0.3, 0.4) is 0 Å². The van der Waals surface area contributed by atoms with Gasteiger partial charge in [-0.3, -0.25) is 9.69 Å². The monoisotopic (exact) mass is 375 g/mol. The quantitative estimate of drug-likeness (QED) is 0.834. The molecular weight excluding hydrogens is 349 g/mol. The zero-order chi connectivity index (χ0) is 19.4. The molecule has 8 heteroatoms. The van der Waals surface area contributed by atoms with Gasteiger partial charge >= 0.3 is 0 Å². The van der Waals surface area contributed by atoms with E-state index in [1.807, 2.05) is 0 Å². The zero-order valence-electron chi connectivity index (χ0n) is 16.0. The molecule has 1 N–H and O–H groups in total. The molecule has 1 aromatic heterocycles. The van der Waals surface area contributed by atoms with Crippen LogP contribution in [-0.4, -0.2) is 64.7 Å². The molecule has 146 valence electrons. The summed E-state index contributed by atoms with van der Waals surface area (Å²) in [7, 11) is 0. The van der Waals surface area contributed by atoms with Gasteiger partial charge in [0.15, 0.2) is 5.69 Å². The molecule has 1 aliphatic rings. The van der Waals surface area contributed by atoms with E-state index in [4.69, 9.17) is 4.74 Å². The van der Waals surface area contributed by atoms with Gasteiger partial charge in [-0.05, 0) is 37.1 Å². The number of ether oxygens (including phenoxy) is 1. The number of amides is 1. The molecule has 27 heavy (non-hydrogen) atoms. The first-order valence-corrected chi connectivity index (χ1v) is 9.25. The smallest absolute Gasteiger partial charge is 0.273 e. The Kier molecular flexibility index (Phi) is 6.18. The minimum atomic E-state index is -0.322. The van der Waals surface area contributed by atoms with Crippen LogP contribution in [0.2, 0.25) is 0 Å². The van der Waals surface area contributed by atoms with Crippen LogP contribution in [0.5, 0.6) is 0 Å². The normalized spacial score (nSPS) is 16.5. The van der Waals surface area contributed by atoms with Crippen LogP contribution in [0, 0.1) is 18.7 Å². The van der Waals surface area contributed by atoms with E-state index in [0.717, 1.165) is 26.3 Å². The zero-order valence-corrected chi connectivity index (χ0v) is 16.0. The van der Waals surface area contributed by atoms with E-state index in [1.54, 1.807) is 19.1 Å². The Morgan fingerprint density at radius 2 is 1.93 bits per heavy atom. The molecular formula is C19H26FN5O2. The highest BCUT2D eigenvalue weighted by atomic mass is 19.1. The molecule has 0 aliphatic carbocycles. The van der Waals surface area contributed by atoms with Crippen molar-refractivity contribution in [1.29, 1.82) is 0 Å². The maximum absolute atomic E-state index is 13.1. The summed E-state index contributed by atoms with van der Waals surface area (Å²) in [5.41, 5.74) is 1.56. The van der Waals surface area contributed by atoms with Gasteiger partial charge in [0.05, 0.1) is 24.6 Å². The molecule has 1 aromatic carbocycles. The number of morpholine rings is 1. The molecule has 1 saturated heterocycles. The maximum atomic E-state index is 13.1. The Bertz CT molecular complexity index is 769. The van der Waals surface area contributed by atoms with Gasteiger partial charge in [0.1, 0.15) is 5.82 Å². The average Bonchev–Trinajstić information content (AvgIpc) is 3.04. The molecule has 0 radical (unpaired) electrons. The van der Waals surface area contributed by atoms with Crippen molar-refractivity contribution in [2.24, 2.45) is 5.92 Å². The Balaban J connectivity index is 1.68. The lowest BCUT2D eigenvalue weighted by molar-refractivity contribution is 0.00671. The third-order valence-corrected chi connectivity index (χ3v) is 4.94. The summed E-state index contributed by atoms with van der Waals surface area (Å²) in [4.78, 5) is 15.0. The molecule has 2 heterocycles. The number of carbonyl (C=O) groups is 1. The van der Waals surface area contributed by atoms with Crippen LogP contribution < -0.4 is 5.32 Å². The first-order valence-electron chi connectivity index (χ1n) is 9.25. The summed E-state index contributed by atoms with van der Waals surface area (Å²) in [5.74, 6) is -0.170. The average molecular weight is 375 g/mol. The SMILES string of the molecule is Cc1c(C(=O)NCC(C(C)C)N2CCOCC2)nnn1-c1ccc(F)cc1. The molecule has 0 spiro atoms. The van der Waals surface area contributed by atoms with Gasteiger partial charge in [-0.25, -0.2) is 9.07 Å². The fourth-order valence-electron chi connectivity index (χ4n) is 3.34. The van der Waals surface area contributed by atoms with E-state index in [9.17, 15) is 9.18 Å². The third kappa shape index (κ3) is 4.51. The number of rotatable bonds is 6. The largest absolute Gasteiger partial charge is 0.379 e. The van der Waals surface area contributed by atoms with E-state index in [1.165, 1.54) is 16.8 Å². The van der Waals surface area contributed by atoms with Gasteiger partial charge < -0.3 is 10.1 Å². The topological polar surface area (TPSA) is 72.3 Å². The number of carbonyl (C=O) groups excluding carboxylic acids is 1. The molecule has 2 aromatic rings. The lowest BCUT2D eigenvalue weighted by Crippen LogP contribution is -2.51. The van der Waals surface area contributed by atoms with E-state index in [0.29, 0.717) is 23.8 Å². The van der Waals surface area contributed by atoms with Gasteiger partial charge in [0.25, 0.3) is 5.91 Å². The van der Waals surface area contributed by atoms with E-state index in [2.05, 4.69) is 34.4 Å². The highest BCUT2D eigenvalue weighted by molar-refractivity contribution is 5.93. The summed E-state index contributed by atoms with van der Waals surface area (Å²) in [6.45, 7) is 9.83. The highest BCUT2D eigenvalue weighted by Gasteiger charge is 2.25. The number of hydrogen-bond acceptors (Lipinski definition) is 5. The summed E-state index contributed by atoms with van der Waals surface area (Å²) in [5, 5.41) is 11.1. The molecule has 1 atom stereocenters. The van der Waals surface area contributed by atoms with Gasteiger partial charge in [0, 0.05) is 25.7 Å². The second-order valence-electron chi connectivity index (χ2n) is 7.08. The number of nitrogens with zero attached hydrogens (tertiary/aromatic N) is 4. The van der Waals surface area contributed by atoms with Crippen molar-refractivity contribution in [3.05, 3.63) is 41.5 Å². The predicted octanol–water partition coefficient (Wildman–Crippen LogP) is 1.80. The Labute approximate surface area is 158 Å². The molecule has 1 unspecified atom stereocenters. The summed E-state index contributed by atoms with van der Waals surface area (Å²) in [6, 6.07) is 6.15. The fourth-order valence-corrected chi connectivity index (χ4v) is 3.34. The van der Waals surface area contributed by atoms with E-state index in [-0.39, 0.29) is 23.5 Å². The maximum Gasteiger partial charge on any atom is 0.273 e. The number of hydrogen-bond donors (Lipinski definition) is 1. The van der Waals surface area contributed by atoms with Gasteiger partial charge in [-0.15, -0.1) is 5.10 Å². The van der Waals surface area contributed by atoms with Crippen LogP contribution in [-0.2, 0) is 4.74 Å². The Morgan fingerprint density at radius 3 is 2.56 bits per heavy atom. The second-order valence-corrected chi connectivity index (χ2v) is 7.08. The second kappa shape index (κ2) is 8.58. The van der Waals surface area contributed by atoms with E-state index < -0.39 is 0 Å². The molecule has 7 nitrogen and oxygen atoms in total. The third-order valence-electron chi connectivity index (χ3n) is 4.94. The fraction of sp³-hybridized carbons (Fsp3) is 0.526. The summed E-state index contributed by atoms with van der Waals surface area (Å²) in [6.07, 6.45) is 0. The lowest BCUT2D eigenvalue weighted by atomic mass is 10.0. The van der Waals surface area contributed by atoms with Crippen molar-refractivity contribution in [1.82, 2.24) is 25.2 Å². The minimum Gasteiger partial charge on any atom is -0.379 e. The minimum absolute atomic E-state index is 0.241. The van der Waals surface area contributed by atoms with Crippen molar-refractivity contribution >= 4 is 5.91 Å². The van der Waals surface area contributed by atoms with Crippen LogP contribution in [0.15, 0.2) is 24.3 Å². The number of benzene rings is 1. The number of nitrogens with one attached hydrogen (secondary N) is 1. The first kappa shape index (κ1) is 19.4. The van der Waals surface area contributed by atoms with Crippen molar-refractivity contribution in [2.75, 3.05) is 32.8 Å². The molecule has 0 saturated carbocycles. The highest BCUT2D eigenvalue weighted by Crippen LogP contribution is 2.15. The predicted molar refractivity (Wildman–Crippen MR) is 99.4 cm³/mol. The number of halogens is 1. The molecule has 0 bridgehead atoms. The van der Waals surface area contributed by atoms with E-state index >= 15 is 0 Å². The Morgan fingerprint density at radius 1 is 1.26 bits per heavy atom. The lowest BCUT2D eigenvalue weighted by Gasteiger charge is -2.36. The van der Waals surface area contributed by atoms with Gasteiger partial charge in [0.2, 0.25) is 0 Å². The summed E-state index contributed by atoms with van der Waals surface area (Å²) >= 11 is 0. The number of aromatic nitrogens is 3. The van der Waals surface area contributed by atoms with Crippen molar-refractivity contribution < 1.29 is 13.9 Å². The van der Waals surface area contributed by atoms with Crippen LogP contribution in [0.4, 0.5) is 4.39 Å². The first-order chi connectivity index (χ1) is 13.0. The van der Waals surface area contributed by atoms with Crippen molar-refractivity contribution in [2.45, 2.75) is 26.8 Å². The molecule has 1 fully saturated rings. The van der Waals surface area contributed by atoms with Crippen LogP contribution >= 0.6 is 0 Å². The standard InChI is InChI=1S/C19H26FN5O2/c1-13(2)17(24-8-10-27-11-9-24)12-21-19(26)18-14(3)25(23-22-18)16-6-4-15(20)5-7-16/h4-7,13,17H,8-12H2,1-3H3,(H,21,26). The Hall–Kier alpha value is -2.32. The van der Waals surface area contributed by atoms with Gasteiger partial charge in [-0.2, -0.15) is 0 Å². The van der Waals surface area contributed by atoms with Crippen molar-refractivity contribution in [3.8, 4) is 5.69 Å². The molecule has 1 aliphatic heterocycles.